The maximum atomic E-state index is 12.4. The lowest BCUT2D eigenvalue weighted by Gasteiger charge is -2.16. The van der Waals surface area contributed by atoms with Gasteiger partial charge in [-0.25, -0.2) is 0 Å². The molecule has 1 aliphatic rings. The molecule has 4 heteroatoms. The molecule has 25 heavy (non-hydrogen) atoms. The summed E-state index contributed by atoms with van der Waals surface area (Å²) in [5, 5.41) is 9.55. The normalized spacial score (nSPS) is 15.0. The Morgan fingerprint density at radius 3 is 2.52 bits per heavy atom. The number of rotatable bonds is 6. The number of benzene rings is 2. The first-order valence-electron chi connectivity index (χ1n) is 8.88. The first-order chi connectivity index (χ1) is 12.1. The molecule has 0 spiro atoms. The zero-order chi connectivity index (χ0) is 17.6. The average molecular weight is 335 g/mol. The molecule has 1 N–H and O–H groups in total. The van der Waals surface area contributed by atoms with Gasteiger partial charge in [-0.15, -0.1) is 0 Å². The van der Waals surface area contributed by atoms with Crippen molar-refractivity contribution in [3.63, 3.8) is 0 Å². The Morgan fingerprint density at radius 2 is 1.88 bits per heavy atom. The molecule has 0 saturated heterocycles. The van der Waals surface area contributed by atoms with E-state index in [2.05, 4.69) is 29.5 Å². The Labute approximate surface area is 149 Å². The SMILES string of the molecule is CC1=NN(c2ccc(C(=O)NC(C)CCc3ccccc3)cc2)CC1. The van der Waals surface area contributed by atoms with Crippen LogP contribution in [0.1, 0.15) is 42.6 Å². The van der Waals surface area contributed by atoms with E-state index in [1.165, 1.54) is 5.56 Å². The van der Waals surface area contributed by atoms with Gasteiger partial charge in [0.1, 0.15) is 0 Å². The van der Waals surface area contributed by atoms with Crippen LogP contribution in [0.5, 0.6) is 0 Å². The number of nitrogens with one attached hydrogen (secondary N) is 1. The van der Waals surface area contributed by atoms with Crippen molar-refractivity contribution >= 4 is 17.3 Å². The molecule has 1 atom stereocenters. The number of amides is 1. The van der Waals surface area contributed by atoms with Crippen LogP contribution in [-0.4, -0.2) is 24.2 Å². The summed E-state index contributed by atoms with van der Waals surface area (Å²) in [5.41, 5.74) is 4.17. The maximum Gasteiger partial charge on any atom is 0.251 e. The maximum absolute atomic E-state index is 12.4. The second kappa shape index (κ2) is 7.97. The van der Waals surface area contributed by atoms with Crippen LogP contribution < -0.4 is 10.3 Å². The lowest BCUT2D eigenvalue weighted by molar-refractivity contribution is 0.0938. The van der Waals surface area contributed by atoms with Gasteiger partial charge in [0.2, 0.25) is 0 Å². The van der Waals surface area contributed by atoms with Gasteiger partial charge in [-0.05, 0) is 56.5 Å². The van der Waals surface area contributed by atoms with E-state index in [0.717, 1.165) is 37.2 Å². The molecule has 2 aromatic rings. The van der Waals surface area contributed by atoms with Crippen LogP contribution in [-0.2, 0) is 6.42 Å². The quantitative estimate of drug-likeness (QED) is 0.866. The molecule has 0 saturated carbocycles. The van der Waals surface area contributed by atoms with Crippen molar-refractivity contribution in [1.82, 2.24) is 5.32 Å². The highest BCUT2D eigenvalue weighted by Crippen LogP contribution is 2.20. The molecular formula is C21H25N3O. The number of anilines is 1. The third-order valence-corrected chi connectivity index (χ3v) is 4.49. The van der Waals surface area contributed by atoms with E-state index in [9.17, 15) is 4.79 Å². The number of aryl methyl sites for hydroxylation is 1. The van der Waals surface area contributed by atoms with Gasteiger partial charge < -0.3 is 5.32 Å². The molecule has 0 fully saturated rings. The molecule has 4 nitrogen and oxygen atoms in total. The summed E-state index contributed by atoms with van der Waals surface area (Å²) in [5.74, 6) is -0.0202. The van der Waals surface area contributed by atoms with Gasteiger partial charge in [0.25, 0.3) is 5.91 Å². The van der Waals surface area contributed by atoms with Crippen molar-refractivity contribution in [2.75, 3.05) is 11.6 Å². The van der Waals surface area contributed by atoms with Gasteiger partial charge in [-0.1, -0.05) is 30.3 Å². The number of hydrazone groups is 1. The number of hydrogen-bond acceptors (Lipinski definition) is 3. The van der Waals surface area contributed by atoms with E-state index in [1.54, 1.807) is 0 Å². The molecule has 1 amide bonds. The predicted octanol–water partition coefficient (Wildman–Crippen LogP) is 4.02. The average Bonchev–Trinajstić information content (AvgIpc) is 3.07. The smallest absolute Gasteiger partial charge is 0.251 e. The summed E-state index contributed by atoms with van der Waals surface area (Å²) in [7, 11) is 0. The zero-order valence-corrected chi connectivity index (χ0v) is 14.9. The van der Waals surface area contributed by atoms with Gasteiger partial charge in [0, 0.05) is 30.3 Å². The number of carbonyl (C=O) groups is 1. The molecule has 0 bridgehead atoms. The minimum atomic E-state index is -0.0202. The molecule has 1 heterocycles. The monoisotopic (exact) mass is 335 g/mol. The van der Waals surface area contributed by atoms with Crippen LogP contribution in [0.4, 0.5) is 5.69 Å². The van der Waals surface area contributed by atoms with Crippen LogP contribution in [0.15, 0.2) is 59.7 Å². The van der Waals surface area contributed by atoms with Crippen molar-refractivity contribution < 1.29 is 4.79 Å². The third kappa shape index (κ3) is 4.69. The second-order valence-electron chi connectivity index (χ2n) is 6.65. The van der Waals surface area contributed by atoms with E-state index in [-0.39, 0.29) is 11.9 Å². The van der Waals surface area contributed by atoms with E-state index in [4.69, 9.17) is 0 Å². The highest BCUT2D eigenvalue weighted by Gasteiger charge is 2.14. The molecule has 0 aliphatic carbocycles. The Morgan fingerprint density at radius 1 is 1.16 bits per heavy atom. The van der Waals surface area contributed by atoms with E-state index >= 15 is 0 Å². The summed E-state index contributed by atoms with van der Waals surface area (Å²) in [6.07, 6.45) is 2.89. The topological polar surface area (TPSA) is 44.7 Å². The second-order valence-corrected chi connectivity index (χ2v) is 6.65. The minimum Gasteiger partial charge on any atom is -0.350 e. The Balaban J connectivity index is 1.52. The largest absolute Gasteiger partial charge is 0.350 e. The van der Waals surface area contributed by atoms with Gasteiger partial charge in [-0.2, -0.15) is 5.10 Å². The molecule has 1 unspecified atom stereocenters. The van der Waals surface area contributed by atoms with Crippen LogP contribution >= 0.6 is 0 Å². The number of hydrogen-bond donors (Lipinski definition) is 1. The first kappa shape index (κ1) is 17.2. The first-order valence-corrected chi connectivity index (χ1v) is 8.88. The molecular weight excluding hydrogens is 310 g/mol. The molecule has 3 rings (SSSR count). The standard InChI is InChI=1S/C21H25N3O/c1-16(8-9-18-6-4-3-5-7-18)22-21(25)19-10-12-20(13-11-19)24-15-14-17(2)23-24/h3-7,10-13,16H,8-9,14-15H2,1-2H3,(H,22,25). The van der Waals surface area contributed by atoms with Gasteiger partial charge in [0.15, 0.2) is 0 Å². The van der Waals surface area contributed by atoms with Crippen molar-refractivity contribution in [2.24, 2.45) is 5.10 Å². The van der Waals surface area contributed by atoms with Crippen LogP contribution in [0.3, 0.4) is 0 Å². The lowest BCUT2D eigenvalue weighted by atomic mass is 10.1. The van der Waals surface area contributed by atoms with Crippen molar-refractivity contribution in [1.29, 1.82) is 0 Å². The number of carbonyl (C=O) groups excluding carboxylic acids is 1. The van der Waals surface area contributed by atoms with Gasteiger partial charge in [0.05, 0.1) is 5.69 Å². The van der Waals surface area contributed by atoms with Crippen molar-refractivity contribution in [3.8, 4) is 0 Å². The van der Waals surface area contributed by atoms with Crippen LogP contribution in [0.25, 0.3) is 0 Å². The highest BCUT2D eigenvalue weighted by molar-refractivity contribution is 5.94. The fraction of sp³-hybridized carbons (Fsp3) is 0.333. The highest BCUT2D eigenvalue weighted by atomic mass is 16.1. The Bertz CT molecular complexity index is 737. The molecule has 130 valence electrons. The van der Waals surface area contributed by atoms with Crippen molar-refractivity contribution in [3.05, 3.63) is 65.7 Å². The predicted molar refractivity (Wildman–Crippen MR) is 103 cm³/mol. The zero-order valence-electron chi connectivity index (χ0n) is 14.9. The van der Waals surface area contributed by atoms with E-state index < -0.39 is 0 Å². The van der Waals surface area contributed by atoms with Crippen molar-refractivity contribution in [2.45, 2.75) is 39.2 Å². The molecule has 0 aromatic heterocycles. The van der Waals surface area contributed by atoms with E-state index in [0.29, 0.717) is 5.56 Å². The lowest BCUT2D eigenvalue weighted by Crippen LogP contribution is -2.32. The van der Waals surface area contributed by atoms with Gasteiger partial charge in [-0.3, -0.25) is 9.80 Å². The molecule has 1 aliphatic heterocycles. The summed E-state index contributed by atoms with van der Waals surface area (Å²) < 4.78 is 0. The molecule has 2 aromatic carbocycles. The fourth-order valence-electron chi connectivity index (χ4n) is 2.95. The Kier molecular flexibility index (Phi) is 5.49. The minimum absolute atomic E-state index is 0.0202. The summed E-state index contributed by atoms with van der Waals surface area (Å²) >= 11 is 0. The fourth-order valence-corrected chi connectivity index (χ4v) is 2.95. The molecule has 0 radical (unpaired) electrons. The summed E-state index contributed by atoms with van der Waals surface area (Å²) in [6.45, 7) is 5.00. The number of nitrogens with zero attached hydrogens (tertiary/aromatic N) is 2. The summed E-state index contributed by atoms with van der Waals surface area (Å²) in [6, 6.07) is 18.2. The third-order valence-electron chi connectivity index (χ3n) is 4.49. The van der Waals surface area contributed by atoms with Gasteiger partial charge >= 0.3 is 0 Å². The van der Waals surface area contributed by atoms with E-state index in [1.807, 2.05) is 54.4 Å². The van der Waals surface area contributed by atoms with Crippen LogP contribution in [0.2, 0.25) is 0 Å². The Hall–Kier alpha value is -2.62. The van der Waals surface area contributed by atoms with Crippen LogP contribution in [0, 0.1) is 0 Å². The summed E-state index contributed by atoms with van der Waals surface area (Å²) in [4.78, 5) is 12.4.